The molecule has 0 fully saturated rings. The predicted molar refractivity (Wildman–Crippen MR) is 36.5 cm³/mol. The molecule has 5 heteroatoms. The van der Waals surface area contributed by atoms with E-state index in [2.05, 4.69) is 26.1 Å². The van der Waals surface area contributed by atoms with E-state index in [0.29, 0.717) is 4.47 Å². The van der Waals surface area contributed by atoms with E-state index in [1.54, 1.807) is 0 Å². The zero-order valence-electron chi connectivity index (χ0n) is 4.19. The Bertz CT molecular complexity index is 234. The molecule has 1 N–H and O–H groups in total. The fourth-order valence-corrected chi connectivity index (χ4v) is 1.04. The van der Waals surface area contributed by atoms with Crippen LogP contribution in [0.3, 0.4) is 0 Å². The molecule has 1 aromatic rings. The Balaban J connectivity index is 3.08. The van der Waals surface area contributed by atoms with Crippen LogP contribution in [0, 0.1) is 0 Å². The van der Waals surface area contributed by atoms with Gasteiger partial charge in [-0.15, -0.1) is 0 Å². The number of nitrogens with zero attached hydrogens (tertiary/aromatic N) is 1. The Kier molecular flexibility index (Phi) is 1.87. The lowest BCUT2D eigenvalue weighted by Gasteiger charge is -1.82. The van der Waals surface area contributed by atoms with E-state index in [0.717, 1.165) is 0 Å². The lowest BCUT2D eigenvalue weighted by molar-refractivity contribution is 0.107. The third-order valence-electron chi connectivity index (χ3n) is 0.790. The van der Waals surface area contributed by atoms with Gasteiger partial charge in [0, 0.05) is 0 Å². The van der Waals surface area contributed by atoms with E-state index in [1.165, 1.54) is 6.20 Å². The van der Waals surface area contributed by atoms with E-state index in [9.17, 15) is 4.79 Å². The quantitative estimate of drug-likeness (QED) is 0.713. The molecule has 0 aliphatic rings. The van der Waals surface area contributed by atoms with Gasteiger partial charge < -0.3 is 0 Å². The van der Waals surface area contributed by atoms with Gasteiger partial charge in [-0.05, 0) is 27.5 Å². The summed E-state index contributed by atoms with van der Waals surface area (Å²) in [6.07, 6.45) is 1.47. The molecule has 0 radical (unpaired) electrons. The van der Waals surface area contributed by atoms with Gasteiger partial charge >= 0.3 is 0 Å². The molecule has 1 rings (SSSR count). The van der Waals surface area contributed by atoms with Crippen LogP contribution < -0.4 is 0 Å². The molecule has 0 aliphatic carbocycles. The van der Waals surface area contributed by atoms with E-state index in [1.807, 2.05) is 0 Å². The fourth-order valence-electron chi connectivity index (χ4n) is 0.409. The number of hydrogen-bond donors (Lipinski definition) is 1. The largest absolute Gasteiger partial charge is 0.274 e. The second-order valence-electron chi connectivity index (χ2n) is 1.37. The SMILES string of the molecule is O=C(Cl)c1[nH]ncc1Br. The van der Waals surface area contributed by atoms with Crippen LogP contribution in [0.15, 0.2) is 10.7 Å². The molecule has 0 amide bonds. The maximum Gasteiger partial charge on any atom is 0.271 e. The number of aromatic nitrogens is 2. The standard InChI is InChI=1S/C4H2BrClN2O/c5-2-1-7-8-3(2)4(6)9/h1H,(H,7,8). The number of halogens is 2. The van der Waals surface area contributed by atoms with Crippen molar-refractivity contribution in [3.8, 4) is 0 Å². The Morgan fingerprint density at radius 1 is 1.89 bits per heavy atom. The minimum Gasteiger partial charge on any atom is -0.274 e. The maximum absolute atomic E-state index is 10.4. The van der Waals surface area contributed by atoms with Gasteiger partial charge in [0.05, 0.1) is 10.7 Å². The van der Waals surface area contributed by atoms with E-state index < -0.39 is 5.24 Å². The highest BCUT2D eigenvalue weighted by Crippen LogP contribution is 2.13. The summed E-state index contributed by atoms with van der Waals surface area (Å²) in [5.74, 6) is 0. The van der Waals surface area contributed by atoms with Gasteiger partial charge in [-0.3, -0.25) is 9.89 Å². The van der Waals surface area contributed by atoms with Crippen molar-refractivity contribution >= 4 is 32.8 Å². The molecule has 0 saturated carbocycles. The number of carbonyl (C=O) groups excluding carboxylic acids is 1. The first-order valence-corrected chi connectivity index (χ1v) is 3.27. The van der Waals surface area contributed by atoms with Crippen molar-refractivity contribution in [2.75, 3.05) is 0 Å². The average molecular weight is 209 g/mol. The van der Waals surface area contributed by atoms with Gasteiger partial charge in [0.15, 0.2) is 0 Å². The lowest BCUT2D eigenvalue weighted by Crippen LogP contribution is -1.88. The summed E-state index contributed by atoms with van der Waals surface area (Å²) in [6, 6.07) is 0. The third kappa shape index (κ3) is 1.31. The maximum atomic E-state index is 10.4. The normalized spacial score (nSPS) is 9.56. The molecular formula is C4H2BrClN2O. The lowest BCUT2D eigenvalue weighted by atomic mass is 10.5. The van der Waals surface area contributed by atoms with Crippen molar-refractivity contribution in [2.45, 2.75) is 0 Å². The molecular weight excluding hydrogens is 207 g/mol. The minimum absolute atomic E-state index is 0.289. The summed E-state index contributed by atoms with van der Waals surface area (Å²) in [7, 11) is 0. The molecule has 0 spiro atoms. The van der Waals surface area contributed by atoms with Gasteiger partial charge in [-0.2, -0.15) is 5.10 Å². The van der Waals surface area contributed by atoms with Crippen molar-refractivity contribution in [2.24, 2.45) is 0 Å². The Labute approximate surface area is 64.5 Å². The summed E-state index contributed by atoms with van der Waals surface area (Å²) in [5, 5.41) is 5.45. The molecule has 0 unspecified atom stereocenters. The minimum atomic E-state index is -0.542. The average Bonchev–Trinajstić information content (AvgIpc) is 2.13. The molecule has 1 aromatic heterocycles. The van der Waals surface area contributed by atoms with Crippen LogP contribution in [0.1, 0.15) is 10.5 Å². The van der Waals surface area contributed by atoms with E-state index >= 15 is 0 Å². The van der Waals surface area contributed by atoms with Gasteiger partial charge in [0.2, 0.25) is 0 Å². The first kappa shape index (κ1) is 6.77. The Hall–Kier alpha value is -0.350. The van der Waals surface area contributed by atoms with Crippen molar-refractivity contribution in [1.29, 1.82) is 0 Å². The van der Waals surface area contributed by atoms with Crippen LogP contribution in [-0.4, -0.2) is 15.4 Å². The van der Waals surface area contributed by atoms with Crippen LogP contribution in [0.5, 0.6) is 0 Å². The van der Waals surface area contributed by atoms with Crippen molar-refractivity contribution in [3.05, 3.63) is 16.4 Å². The first-order chi connectivity index (χ1) is 4.22. The topological polar surface area (TPSA) is 45.8 Å². The van der Waals surface area contributed by atoms with Crippen molar-refractivity contribution < 1.29 is 4.79 Å². The number of aromatic amines is 1. The van der Waals surface area contributed by atoms with Crippen LogP contribution in [0.4, 0.5) is 0 Å². The number of carbonyl (C=O) groups is 1. The monoisotopic (exact) mass is 208 g/mol. The summed E-state index contributed by atoms with van der Waals surface area (Å²) >= 11 is 8.18. The molecule has 3 nitrogen and oxygen atoms in total. The number of rotatable bonds is 1. The Morgan fingerprint density at radius 2 is 2.56 bits per heavy atom. The summed E-state index contributed by atoms with van der Waals surface area (Å²) < 4.78 is 0.586. The van der Waals surface area contributed by atoms with Gasteiger partial charge in [-0.1, -0.05) is 0 Å². The molecule has 9 heavy (non-hydrogen) atoms. The third-order valence-corrected chi connectivity index (χ3v) is 1.58. The molecule has 1 heterocycles. The molecule has 0 aromatic carbocycles. The highest BCUT2D eigenvalue weighted by molar-refractivity contribution is 9.10. The van der Waals surface area contributed by atoms with Crippen LogP contribution in [0.2, 0.25) is 0 Å². The molecule has 0 bridgehead atoms. The number of hydrogen-bond acceptors (Lipinski definition) is 2. The zero-order valence-corrected chi connectivity index (χ0v) is 6.53. The number of nitrogens with one attached hydrogen (secondary N) is 1. The summed E-state index contributed by atoms with van der Waals surface area (Å²) in [6.45, 7) is 0. The summed E-state index contributed by atoms with van der Waals surface area (Å²) in [4.78, 5) is 10.4. The van der Waals surface area contributed by atoms with E-state index in [-0.39, 0.29) is 5.69 Å². The molecule has 0 saturated heterocycles. The van der Waals surface area contributed by atoms with Crippen molar-refractivity contribution in [3.63, 3.8) is 0 Å². The summed E-state index contributed by atoms with van der Waals surface area (Å²) in [5.41, 5.74) is 0.289. The second kappa shape index (κ2) is 2.49. The van der Waals surface area contributed by atoms with Gasteiger partial charge in [0.25, 0.3) is 5.24 Å². The Morgan fingerprint density at radius 3 is 2.78 bits per heavy atom. The highest BCUT2D eigenvalue weighted by Gasteiger charge is 2.07. The van der Waals surface area contributed by atoms with Crippen LogP contribution >= 0.6 is 27.5 Å². The number of H-pyrrole nitrogens is 1. The predicted octanol–water partition coefficient (Wildman–Crippen LogP) is 1.55. The molecule has 0 atom stereocenters. The van der Waals surface area contributed by atoms with Crippen molar-refractivity contribution in [1.82, 2.24) is 10.2 Å². The van der Waals surface area contributed by atoms with Crippen LogP contribution in [-0.2, 0) is 0 Å². The fraction of sp³-hybridized carbons (Fsp3) is 0. The second-order valence-corrected chi connectivity index (χ2v) is 2.56. The zero-order chi connectivity index (χ0) is 6.85. The van der Waals surface area contributed by atoms with Gasteiger partial charge in [-0.25, -0.2) is 0 Å². The molecule has 48 valence electrons. The first-order valence-electron chi connectivity index (χ1n) is 2.10. The highest BCUT2D eigenvalue weighted by atomic mass is 79.9. The van der Waals surface area contributed by atoms with E-state index in [4.69, 9.17) is 11.6 Å². The molecule has 0 aliphatic heterocycles. The van der Waals surface area contributed by atoms with Gasteiger partial charge in [0.1, 0.15) is 5.69 Å². The van der Waals surface area contributed by atoms with Crippen LogP contribution in [0.25, 0.3) is 0 Å². The smallest absolute Gasteiger partial charge is 0.271 e.